The Labute approximate surface area is 140 Å². The van der Waals surface area contributed by atoms with Crippen LogP contribution in [0.3, 0.4) is 0 Å². The monoisotopic (exact) mass is 324 g/mol. The molecule has 1 aromatic carbocycles. The van der Waals surface area contributed by atoms with Gasteiger partial charge in [-0.05, 0) is 17.7 Å². The number of hydrogen-bond donors (Lipinski definition) is 1. The quantitative estimate of drug-likeness (QED) is 0.800. The van der Waals surface area contributed by atoms with Crippen LogP contribution in [-0.2, 0) is 13.0 Å². The van der Waals surface area contributed by atoms with Gasteiger partial charge in [0.25, 0.3) is 0 Å². The van der Waals surface area contributed by atoms with Crippen molar-refractivity contribution in [2.75, 3.05) is 26.2 Å². The number of piperazine rings is 1. The van der Waals surface area contributed by atoms with Crippen LogP contribution >= 0.6 is 0 Å². The summed E-state index contributed by atoms with van der Waals surface area (Å²) in [5.41, 5.74) is 4.16. The number of halogens is 1. The van der Waals surface area contributed by atoms with E-state index in [1.165, 1.54) is 11.6 Å². The van der Waals surface area contributed by atoms with Gasteiger partial charge in [0.05, 0.1) is 11.4 Å². The first-order valence-corrected chi connectivity index (χ1v) is 8.42. The number of imidazole rings is 1. The van der Waals surface area contributed by atoms with E-state index in [2.05, 4.69) is 22.3 Å². The number of benzene rings is 1. The molecule has 0 saturated carbocycles. The number of rotatable bonds is 4. The lowest BCUT2D eigenvalue weighted by atomic mass is 10.1. The molecule has 3 heterocycles. The van der Waals surface area contributed by atoms with Crippen molar-refractivity contribution in [2.24, 2.45) is 0 Å². The fraction of sp³-hybridized carbons (Fsp3) is 0.316. The molecule has 0 atom stereocenters. The van der Waals surface area contributed by atoms with Crippen molar-refractivity contribution in [3.05, 3.63) is 71.4 Å². The van der Waals surface area contributed by atoms with E-state index in [1.54, 1.807) is 12.3 Å². The zero-order valence-corrected chi connectivity index (χ0v) is 13.6. The van der Waals surface area contributed by atoms with Gasteiger partial charge in [0.1, 0.15) is 11.5 Å². The summed E-state index contributed by atoms with van der Waals surface area (Å²) < 4.78 is 15.7. The minimum Gasteiger partial charge on any atom is -0.314 e. The van der Waals surface area contributed by atoms with Crippen LogP contribution in [0.1, 0.15) is 17.0 Å². The molecule has 0 amide bonds. The van der Waals surface area contributed by atoms with E-state index >= 15 is 0 Å². The molecule has 0 aliphatic carbocycles. The van der Waals surface area contributed by atoms with Crippen LogP contribution < -0.4 is 5.32 Å². The van der Waals surface area contributed by atoms with Crippen molar-refractivity contribution in [3.63, 3.8) is 0 Å². The summed E-state index contributed by atoms with van der Waals surface area (Å²) in [6, 6.07) is 13.6. The average Bonchev–Trinajstić information content (AvgIpc) is 2.94. The fourth-order valence-electron chi connectivity index (χ4n) is 3.30. The molecule has 4 rings (SSSR count). The summed E-state index contributed by atoms with van der Waals surface area (Å²) in [7, 11) is 0. The van der Waals surface area contributed by atoms with E-state index in [0.29, 0.717) is 0 Å². The van der Waals surface area contributed by atoms with Crippen LogP contribution in [0.5, 0.6) is 0 Å². The van der Waals surface area contributed by atoms with E-state index in [0.717, 1.165) is 56.2 Å². The first-order chi connectivity index (χ1) is 11.8. The molecule has 0 unspecified atom stereocenters. The Balaban J connectivity index is 1.72. The van der Waals surface area contributed by atoms with Gasteiger partial charge in [-0.25, -0.2) is 9.37 Å². The van der Waals surface area contributed by atoms with Gasteiger partial charge in [-0.15, -0.1) is 0 Å². The smallest absolute Gasteiger partial charge is 0.139 e. The van der Waals surface area contributed by atoms with Crippen molar-refractivity contribution in [1.29, 1.82) is 0 Å². The summed E-state index contributed by atoms with van der Waals surface area (Å²) in [6.45, 7) is 4.81. The van der Waals surface area contributed by atoms with Gasteiger partial charge in [-0.2, -0.15) is 0 Å². The molecule has 1 N–H and O–H groups in total. The van der Waals surface area contributed by atoms with Crippen LogP contribution in [0.4, 0.5) is 4.39 Å². The first kappa shape index (κ1) is 15.3. The summed E-state index contributed by atoms with van der Waals surface area (Å²) in [4.78, 5) is 7.17. The highest BCUT2D eigenvalue weighted by atomic mass is 19.1. The predicted molar refractivity (Wildman–Crippen MR) is 92.5 cm³/mol. The molecule has 4 nitrogen and oxygen atoms in total. The molecule has 1 saturated heterocycles. The second kappa shape index (κ2) is 6.71. The molecule has 24 heavy (non-hydrogen) atoms. The third kappa shape index (κ3) is 3.18. The van der Waals surface area contributed by atoms with Crippen LogP contribution in [0.15, 0.2) is 48.7 Å². The Hall–Kier alpha value is -2.24. The minimum absolute atomic E-state index is 0.229. The molecular weight excluding hydrogens is 303 g/mol. The van der Waals surface area contributed by atoms with Crippen molar-refractivity contribution in [3.8, 4) is 0 Å². The maximum absolute atomic E-state index is 13.8. The molecule has 3 aromatic rings. The second-order valence-corrected chi connectivity index (χ2v) is 6.27. The Morgan fingerprint density at radius 1 is 1.04 bits per heavy atom. The van der Waals surface area contributed by atoms with Crippen LogP contribution in [-0.4, -0.2) is 40.5 Å². The third-order valence-electron chi connectivity index (χ3n) is 4.56. The largest absolute Gasteiger partial charge is 0.314 e. The van der Waals surface area contributed by atoms with Crippen molar-refractivity contribution < 1.29 is 4.39 Å². The van der Waals surface area contributed by atoms with Gasteiger partial charge in [-0.3, -0.25) is 9.30 Å². The SMILES string of the molecule is Fc1ccc2nc(Cc3ccccc3)c(CN3CCNCC3)n2c1. The normalized spacial score (nSPS) is 15.9. The zero-order chi connectivity index (χ0) is 16.4. The van der Waals surface area contributed by atoms with Crippen molar-refractivity contribution in [1.82, 2.24) is 19.6 Å². The second-order valence-electron chi connectivity index (χ2n) is 6.27. The topological polar surface area (TPSA) is 32.6 Å². The molecular formula is C19H21FN4. The number of pyridine rings is 1. The lowest BCUT2D eigenvalue weighted by Crippen LogP contribution is -2.43. The zero-order valence-electron chi connectivity index (χ0n) is 13.6. The van der Waals surface area contributed by atoms with E-state index < -0.39 is 0 Å². The van der Waals surface area contributed by atoms with Gasteiger partial charge in [0.15, 0.2) is 0 Å². The Morgan fingerprint density at radius 3 is 2.62 bits per heavy atom. The van der Waals surface area contributed by atoms with Gasteiger partial charge in [0, 0.05) is 45.3 Å². The van der Waals surface area contributed by atoms with E-state index in [9.17, 15) is 4.39 Å². The molecule has 5 heteroatoms. The lowest BCUT2D eigenvalue weighted by molar-refractivity contribution is 0.229. The highest BCUT2D eigenvalue weighted by Gasteiger charge is 2.18. The van der Waals surface area contributed by atoms with E-state index in [-0.39, 0.29) is 5.82 Å². The molecule has 1 fully saturated rings. The van der Waals surface area contributed by atoms with Crippen LogP contribution in [0.25, 0.3) is 5.65 Å². The lowest BCUT2D eigenvalue weighted by Gasteiger charge is -2.27. The van der Waals surface area contributed by atoms with Crippen LogP contribution in [0.2, 0.25) is 0 Å². The van der Waals surface area contributed by atoms with Gasteiger partial charge in [0.2, 0.25) is 0 Å². The maximum Gasteiger partial charge on any atom is 0.139 e. The predicted octanol–water partition coefficient (Wildman–Crippen LogP) is 2.47. The highest BCUT2D eigenvalue weighted by Crippen LogP contribution is 2.19. The standard InChI is InChI=1S/C19H21FN4/c20-16-6-7-19-22-17(12-15-4-2-1-3-5-15)18(24(19)13-16)14-23-10-8-21-9-11-23/h1-7,13,21H,8-12,14H2. The van der Waals surface area contributed by atoms with Gasteiger partial charge in [-0.1, -0.05) is 30.3 Å². The Bertz CT molecular complexity index is 822. The molecule has 0 radical (unpaired) electrons. The minimum atomic E-state index is -0.229. The number of fused-ring (bicyclic) bond motifs is 1. The maximum atomic E-state index is 13.8. The molecule has 0 bridgehead atoms. The summed E-state index contributed by atoms with van der Waals surface area (Å²) in [5.74, 6) is -0.229. The summed E-state index contributed by atoms with van der Waals surface area (Å²) in [5, 5.41) is 3.37. The number of nitrogens with one attached hydrogen (secondary N) is 1. The summed E-state index contributed by atoms with van der Waals surface area (Å²) in [6.07, 6.45) is 2.32. The fourth-order valence-corrected chi connectivity index (χ4v) is 3.30. The molecule has 0 spiro atoms. The van der Waals surface area contributed by atoms with Gasteiger partial charge < -0.3 is 5.32 Å². The molecule has 1 aliphatic rings. The number of hydrogen-bond acceptors (Lipinski definition) is 3. The summed E-state index contributed by atoms with van der Waals surface area (Å²) >= 11 is 0. The van der Waals surface area contributed by atoms with E-state index in [1.807, 2.05) is 22.6 Å². The number of nitrogens with zero attached hydrogens (tertiary/aromatic N) is 3. The van der Waals surface area contributed by atoms with Crippen LogP contribution in [0, 0.1) is 5.82 Å². The first-order valence-electron chi connectivity index (χ1n) is 8.42. The van der Waals surface area contributed by atoms with Gasteiger partial charge >= 0.3 is 0 Å². The third-order valence-corrected chi connectivity index (χ3v) is 4.56. The molecule has 1 aliphatic heterocycles. The number of aromatic nitrogens is 2. The van der Waals surface area contributed by atoms with Crippen molar-refractivity contribution in [2.45, 2.75) is 13.0 Å². The Kier molecular flexibility index (Phi) is 4.28. The highest BCUT2D eigenvalue weighted by molar-refractivity contribution is 5.44. The van der Waals surface area contributed by atoms with E-state index in [4.69, 9.17) is 4.98 Å². The van der Waals surface area contributed by atoms with Crippen molar-refractivity contribution >= 4 is 5.65 Å². The molecule has 2 aromatic heterocycles. The molecule has 124 valence electrons. The average molecular weight is 324 g/mol. The Morgan fingerprint density at radius 2 is 1.83 bits per heavy atom.